The number of ether oxygens (including phenoxy) is 2. The number of carbonyl (C=O) groups excluding carboxylic acids is 1. The minimum absolute atomic E-state index is 0.0164. The normalized spacial score (nSPS) is 12.3. The summed E-state index contributed by atoms with van der Waals surface area (Å²) in [4.78, 5) is 11.9. The first-order chi connectivity index (χ1) is 12.3. The molecule has 0 fully saturated rings. The van der Waals surface area contributed by atoms with E-state index in [4.69, 9.17) is 9.47 Å². The Labute approximate surface area is 153 Å². The maximum atomic E-state index is 12.7. The van der Waals surface area contributed by atoms with Gasteiger partial charge < -0.3 is 14.8 Å². The van der Waals surface area contributed by atoms with Gasteiger partial charge in [-0.15, -0.1) is 0 Å². The molecule has 0 heterocycles. The molecule has 26 heavy (non-hydrogen) atoms. The molecule has 2 rings (SSSR count). The van der Waals surface area contributed by atoms with Crippen LogP contribution in [0.1, 0.15) is 28.9 Å². The van der Waals surface area contributed by atoms with E-state index in [9.17, 15) is 13.2 Å². The molecule has 0 radical (unpaired) electrons. The first-order valence-corrected chi connectivity index (χ1v) is 9.37. The molecule has 0 aliphatic rings. The fraction of sp³-hybridized carbons (Fsp3) is 0.278. The van der Waals surface area contributed by atoms with E-state index in [1.165, 1.54) is 32.4 Å². The summed E-state index contributed by atoms with van der Waals surface area (Å²) in [7, 11) is 0.617. The van der Waals surface area contributed by atoms with Crippen molar-refractivity contribution in [2.75, 3.05) is 21.3 Å². The Kier molecular flexibility index (Phi) is 6.23. The summed E-state index contributed by atoms with van der Waals surface area (Å²) in [6, 6.07) is 10.8. The topological polar surface area (TPSA) is 93.7 Å². The quantitative estimate of drug-likeness (QED) is 0.770. The highest BCUT2D eigenvalue weighted by Crippen LogP contribution is 2.24. The van der Waals surface area contributed by atoms with Gasteiger partial charge in [-0.3, -0.25) is 4.79 Å². The molecule has 2 aromatic rings. The van der Waals surface area contributed by atoms with Crippen LogP contribution in [0.15, 0.2) is 47.4 Å². The number of hydrogen-bond acceptors (Lipinski definition) is 5. The van der Waals surface area contributed by atoms with Gasteiger partial charge in [-0.05, 0) is 42.8 Å². The third-order valence-electron chi connectivity index (χ3n) is 3.90. The summed E-state index contributed by atoms with van der Waals surface area (Å²) < 4.78 is 38.2. The zero-order valence-corrected chi connectivity index (χ0v) is 15.9. The maximum absolute atomic E-state index is 12.7. The van der Waals surface area contributed by atoms with Crippen LogP contribution in [0, 0.1) is 0 Å². The molecule has 0 unspecified atom stereocenters. The third-order valence-corrected chi connectivity index (χ3v) is 5.44. The lowest BCUT2D eigenvalue weighted by molar-refractivity contribution is 0.0960. The molecule has 0 aromatic heterocycles. The van der Waals surface area contributed by atoms with Gasteiger partial charge in [0.2, 0.25) is 10.0 Å². The largest absolute Gasteiger partial charge is 0.497 e. The predicted molar refractivity (Wildman–Crippen MR) is 98.1 cm³/mol. The van der Waals surface area contributed by atoms with E-state index in [0.29, 0.717) is 11.5 Å². The van der Waals surface area contributed by atoms with E-state index in [0.717, 1.165) is 5.56 Å². The van der Waals surface area contributed by atoms with Gasteiger partial charge in [0.05, 0.1) is 24.7 Å². The van der Waals surface area contributed by atoms with E-state index in [2.05, 4.69) is 10.0 Å². The molecule has 140 valence electrons. The number of hydrogen-bond donors (Lipinski definition) is 2. The van der Waals surface area contributed by atoms with Crippen molar-refractivity contribution in [1.29, 1.82) is 0 Å². The second kappa shape index (κ2) is 8.20. The molecule has 0 spiro atoms. The molecule has 1 atom stereocenters. The molecule has 7 nitrogen and oxygen atoms in total. The molecule has 0 aliphatic carbocycles. The van der Waals surface area contributed by atoms with Gasteiger partial charge in [0.1, 0.15) is 11.5 Å². The highest BCUT2D eigenvalue weighted by molar-refractivity contribution is 7.89. The Balaban J connectivity index is 2.30. The average Bonchev–Trinajstić information content (AvgIpc) is 2.66. The van der Waals surface area contributed by atoms with Crippen LogP contribution >= 0.6 is 0 Å². The van der Waals surface area contributed by atoms with Gasteiger partial charge in [-0.2, -0.15) is 0 Å². The van der Waals surface area contributed by atoms with Crippen LogP contribution in [-0.4, -0.2) is 35.6 Å². The number of sulfonamides is 1. The molecule has 0 saturated carbocycles. The number of carbonyl (C=O) groups is 1. The standard InChI is InChI=1S/C18H22N2O5S/c1-12(13-5-7-14(24-3)8-6-13)20-26(22,23)15-9-10-17(25-4)16(11-15)18(21)19-2/h5-12,20H,1-4H3,(H,19,21)/t12-/m1/s1. The molecule has 8 heteroatoms. The van der Waals surface area contributed by atoms with Crippen molar-refractivity contribution in [2.45, 2.75) is 17.9 Å². The first kappa shape index (κ1) is 19.7. The zero-order valence-electron chi connectivity index (χ0n) is 15.1. The van der Waals surface area contributed by atoms with Gasteiger partial charge in [-0.25, -0.2) is 13.1 Å². The zero-order chi connectivity index (χ0) is 19.3. The Hall–Kier alpha value is -2.58. The summed E-state index contributed by atoms with van der Waals surface area (Å²) in [6.07, 6.45) is 0. The van der Waals surface area contributed by atoms with Crippen molar-refractivity contribution in [3.05, 3.63) is 53.6 Å². The summed E-state index contributed by atoms with van der Waals surface area (Å²) in [5, 5.41) is 2.47. The van der Waals surface area contributed by atoms with Crippen LogP contribution in [0.25, 0.3) is 0 Å². The summed E-state index contributed by atoms with van der Waals surface area (Å²) >= 11 is 0. The Morgan fingerprint density at radius 2 is 1.69 bits per heavy atom. The van der Waals surface area contributed by atoms with Gasteiger partial charge in [0.15, 0.2) is 0 Å². The third kappa shape index (κ3) is 4.33. The lowest BCUT2D eigenvalue weighted by atomic mass is 10.1. The number of amides is 1. The van der Waals surface area contributed by atoms with Crippen LogP contribution < -0.4 is 19.5 Å². The van der Waals surface area contributed by atoms with Crippen molar-refractivity contribution >= 4 is 15.9 Å². The predicted octanol–water partition coefficient (Wildman–Crippen LogP) is 2.10. The molecule has 2 N–H and O–H groups in total. The van der Waals surface area contributed by atoms with E-state index in [1.54, 1.807) is 38.3 Å². The minimum Gasteiger partial charge on any atom is -0.497 e. The average molecular weight is 378 g/mol. The number of methoxy groups -OCH3 is 2. The molecule has 1 amide bonds. The SMILES string of the molecule is CNC(=O)c1cc(S(=O)(=O)N[C@H](C)c2ccc(OC)cc2)ccc1OC. The van der Waals surface area contributed by atoms with E-state index >= 15 is 0 Å². The van der Waals surface area contributed by atoms with Crippen LogP contribution in [0.4, 0.5) is 0 Å². The first-order valence-electron chi connectivity index (χ1n) is 7.88. The Bertz CT molecular complexity index is 879. The van der Waals surface area contributed by atoms with E-state index < -0.39 is 22.0 Å². The second-order valence-electron chi connectivity index (χ2n) is 5.56. The van der Waals surface area contributed by atoms with Crippen molar-refractivity contribution < 1.29 is 22.7 Å². The summed E-state index contributed by atoms with van der Waals surface area (Å²) in [5.41, 5.74) is 0.935. The summed E-state index contributed by atoms with van der Waals surface area (Å²) in [6.45, 7) is 1.74. The number of benzene rings is 2. The van der Waals surface area contributed by atoms with Gasteiger partial charge in [0, 0.05) is 13.1 Å². The van der Waals surface area contributed by atoms with E-state index in [1.807, 2.05) is 0 Å². The maximum Gasteiger partial charge on any atom is 0.254 e. The van der Waals surface area contributed by atoms with Crippen molar-refractivity contribution in [2.24, 2.45) is 0 Å². The Morgan fingerprint density at radius 3 is 2.23 bits per heavy atom. The fourth-order valence-electron chi connectivity index (χ4n) is 2.43. The fourth-order valence-corrected chi connectivity index (χ4v) is 3.69. The van der Waals surface area contributed by atoms with Gasteiger partial charge in [-0.1, -0.05) is 12.1 Å². The monoisotopic (exact) mass is 378 g/mol. The van der Waals surface area contributed by atoms with Crippen molar-refractivity contribution in [1.82, 2.24) is 10.0 Å². The van der Waals surface area contributed by atoms with Crippen molar-refractivity contribution in [3.63, 3.8) is 0 Å². The second-order valence-corrected chi connectivity index (χ2v) is 7.27. The number of rotatable bonds is 7. The van der Waals surface area contributed by atoms with Crippen LogP contribution in [0.5, 0.6) is 11.5 Å². The van der Waals surface area contributed by atoms with Gasteiger partial charge in [0.25, 0.3) is 5.91 Å². The molecular weight excluding hydrogens is 356 g/mol. The Morgan fingerprint density at radius 1 is 1.04 bits per heavy atom. The number of nitrogens with one attached hydrogen (secondary N) is 2. The lowest BCUT2D eigenvalue weighted by Gasteiger charge is -2.16. The van der Waals surface area contributed by atoms with Crippen LogP contribution in [0.3, 0.4) is 0 Å². The van der Waals surface area contributed by atoms with Gasteiger partial charge >= 0.3 is 0 Å². The van der Waals surface area contributed by atoms with E-state index in [-0.39, 0.29) is 10.5 Å². The molecule has 2 aromatic carbocycles. The highest BCUT2D eigenvalue weighted by atomic mass is 32.2. The molecular formula is C18H22N2O5S. The highest BCUT2D eigenvalue weighted by Gasteiger charge is 2.21. The van der Waals surface area contributed by atoms with Crippen molar-refractivity contribution in [3.8, 4) is 11.5 Å². The minimum atomic E-state index is -3.83. The summed E-state index contributed by atoms with van der Waals surface area (Å²) in [5.74, 6) is 0.558. The van der Waals surface area contributed by atoms with Crippen LogP contribution in [-0.2, 0) is 10.0 Å². The smallest absolute Gasteiger partial charge is 0.254 e. The molecule has 0 bridgehead atoms. The lowest BCUT2D eigenvalue weighted by Crippen LogP contribution is -2.27. The molecule has 0 aliphatic heterocycles. The molecule has 0 saturated heterocycles. The van der Waals surface area contributed by atoms with Crippen LogP contribution in [0.2, 0.25) is 0 Å².